The summed E-state index contributed by atoms with van der Waals surface area (Å²) in [5.74, 6) is 0. The van der Waals surface area contributed by atoms with Crippen LogP contribution in [-0.2, 0) is 0 Å². The predicted octanol–water partition coefficient (Wildman–Crippen LogP) is 0.318. The molecule has 0 fully saturated rings. The molecule has 0 aromatic rings. The van der Waals surface area contributed by atoms with Crippen LogP contribution < -0.4 is 5.32 Å². The van der Waals surface area contributed by atoms with Crippen molar-refractivity contribution in [3.05, 3.63) is 11.3 Å². The molecule has 0 atom stereocenters. The van der Waals surface area contributed by atoms with Gasteiger partial charge in [0.25, 0.3) is 0 Å². The first-order chi connectivity index (χ1) is 3.97. The van der Waals surface area contributed by atoms with E-state index >= 15 is 0 Å². The van der Waals surface area contributed by atoms with E-state index in [1.54, 1.807) is 0 Å². The fourth-order valence-corrected chi connectivity index (χ4v) is 1.05. The van der Waals surface area contributed by atoms with E-state index < -0.39 is 0 Å². The number of nitrogens with zero attached hydrogens (tertiary/aromatic N) is 1. The van der Waals surface area contributed by atoms with E-state index in [0.717, 1.165) is 19.5 Å². The average molecular weight is 108 g/mol. The maximum absolute atomic E-state index is 4.11. The molecule has 0 aliphatic carbocycles. The van der Waals surface area contributed by atoms with Crippen molar-refractivity contribution in [1.29, 1.82) is 0 Å². The quantitative estimate of drug-likeness (QED) is 0.474. The molecule has 8 heavy (non-hydrogen) atoms. The summed E-state index contributed by atoms with van der Waals surface area (Å²) in [5.41, 5.74) is 2.74. The molecule has 2 heteroatoms. The molecule has 0 spiro atoms. The molecule has 0 bridgehead atoms. The minimum absolute atomic E-state index is 1.04. The Morgan fingerprint density at radius 1 is 1.62 bits per heavy atom. The second-order valence-electron chi connectivity index (χ2n) is 2.16. The first kappa shape index (κ1) is 4.27. The van der Waals surface area contributed by atoms with Crippen molar-refractivity contribution in [2.45, 2.75) is 6.42 Å². The zero-order valence-electron chi connectivity index (χ0n) is 4.65. The van der Waals surface area contributed by atoms with Gasteiger partial charge in [-0.05, 0) is 0 Å². The van der Waals surface area contributed by atoms with Crippen molar-refractivity contribution < 1.29 is 0 Å². The predicted molar refractivity (Wildman–Crippen MR) is 33.0 cm³/mol. The minimum Gasteiger partial charge on any atom is -0.312 e. The van der Waals surface area contributed by atoms with Crippen LogP contribution in [0.5, 0.6) is 0 Å². The zero-order chi connectivity index (χ0) is 5.40. The monoisotopic (exact) mass is 108 g/mol. The second kappa shape index (κ2) is 1.42. The Labute approximate surface area is 48.3 Å². The Bertz CT molecular complexity index is 149. The van der Waals surface area contributed by atoms with Gasteiger partial charge in [-0.3, -0.25) is 4.99 Å². The van der Waals surface area contributed by atoms with Gasteiger partial charge in [0.15, 0.2) is 0 Å². The number of hydrogen-bond acceptors (Lipinski definition) is 2. The lowest BCUT2D eigenvalue weighted by molar-refractivity contribution is 0.678. The van der Waals surface area contributed by atoms with E-state index in [2.05, 4.69) is 10.3 Å². The summed E-state index contributed by atoms with van der Waals surface area (Å²) >= 11 is 0. The summed E-state index contributed by atoms with van der Waals surface area (Å²) in [5, 5.41) is 3.27. The Morgan fingerprint density at radius 2 is 2.62 bits per heavy atom. The molecule has 0 aromatic heterocycles. The van der Waals surface area contributed by atoms with Crippen molar-refractivity contribution in [3.63, 3.8) is 0 Å². The Balaban J connectivity index is 2.20. The first-order valence-electron chi connectivity index (χ1n) is 2.93. The van der Waals surface area contributed by atoms with Crippen molar-refractivity contribution >= 4 is 6.21 Å². The van der Waals surface area contributed by atoms with Crippen molar-refractivity contribution in [1.82, 2.24) is 5.32 Å². The van der Waals surface area contributed by atoms with E-state index in [1.807, 2.05) is 6.21 Å². The van der Waals surface area contributed by atoms with Crippen LogP contribution in [0.3, 0.4) is 0 Å². The molecule has 0 unspecified atom stereocenters. The highest BCUT2D eigenvalue weighted by Crippen LogP contribution is 2.18. The molecule has 0 radical (unpaired) electrons. The molecule has 2 aliphatic heterocycles. The number of rotatable bonds is 0. The van der Waals surface area contributed by atoms with Gasteiger partial charge >= 0.3 is 0 Å². The lowest BCUT2D eigenvalue weighted by Gasteiger charge is -2.20. The molecule has 2 aliphatic rings. The molecular formula is C6H8N2. The molecule has 0 amide bonds. The minimum atomic E-state index is 1.04. The van der Waals surface area contributed by atoms with Crippen LogP contribution in [0, 0.1) is 0 Å². The Hall–Kier alpha value is -0.630. The Kier molecular flexibility index (Phi) is 0.758. The topological polar surface area (TPSA) is 24.4 Å². The molecular weight excluding hydrogens is 100 g/mol. The number of hydrogen-bond donors (Lipinski definition) is 1. The highest BCUT2D eigenvalue weighted by molar-refractivity contribution is 5.87. The summed E-state index contributed by atoms with van der Waals surface area (Å²) in [6, 6.07) is 0. The van der Waals surface area contributed by atoms with Gasteiger partial charge < -0.3 is 5.32 Å². The molecule has 0 saturated carbocycles. The standard InChI is InChI=1S/C6H8N2/c1-2-7-3-5-4-8-6(1)5/h4,7H,1-3H2. The molecule has 0 aromatic carbocycles. The van der Waals surface area contributed by atoms with E-state index in [9.17, 15) is 0 Å². The van der Waals surface area contributed by atoms with Gasteiger partial charge in [-0.2, -0.15) is 0 Å². The molecule has 2 rings (SSSR count). The third-order valence-electron chi connectivity index (χ3n) is 1.60. The number of aliphatic imine (C=N–C) groups is 1. The maximum Gasteiger partial charge on any atom is 0.0476 e. The largest absolute Gasteiger partial charge is 0.312 e. The van der Waals surface area contributed by atoms with Gasteiger partial charge in [0.2, 0.25) is 0 Å². The van der Waals surface area contributed by atoms with Crippen LogP contribution >= 0.6 is 0 Å². The molecule has 2 heterocycles. The van der Waals surface area contributed by atoms with Crippen LogP contribution in [0.1, 0.15) is 6.42 Å². The van der Waals surface area contributed by atoms with E-state index in [0.29, 0.717) is 0 Å². The lowest BCUT2D eigenvalue weighted by Crippen LogP contribution is -2.28. The third kappa shape index (κ3) is 0.434. The van der Waals surface area contributed by atoms with Gasteiger partial charge in [-0.25, -0.2) is 0 Å². The normalized spacial score (nSPS) is 25.0. The fourth-order valence-electron chi connectivity index (χ4n) is 1.05. The van der Waals surface area contributed by atoms with Crippen molar-refractivity contribution in [2.75, 3.05) is 13.1 Å². The summed E-state index contributed by atoms with van der Waals surface area (Å²) in [7, 11) is 0. The highest BCUT2D eigenvalue weighted by Gasteiger charge is 2.14. The van der Waals surface area contributed by atoms with Crippen LogP contribution in [0.4, 0.5) is 0 Å². The maximum atomic E-state index is 4.11. The summed E-state index contributed by atoms with van der Waals surface area (Å²) < 4.78 is 0. The average Bonchev–Trinajstić information content (AvgIpc) is 1.72. The molecule has 42 valence electrons. The smallest absolute Gasteiger partial charge is 0.0476 e. The SMILES string of the molecule is C1=NC2=C1CNCC2. The van der Waals surface area contributed by atoms with Gasteiger partial charge in [-0.15, -0.1) is 0 Å². The Morgan fingerprint density at radius 3 is 3.00 bits per heavy atom. The lowest BCUT2D eigenvalue weighted by atomic mass is 10.1. The molecule has 0 saturated heterocycles. The summed E-state index contributed by atoms with van der Waals surface area (Å²) in [4.78, 5) is 4.11. The van der Waals surface area contributed by atoms with Crippen LogP contribution in [0.25, 0.3) is 0 Å². The second-order valence-corrected chi connectivity index (χ2v) is 2.16. The van der Waals surface area contributed by atoms with Gasteiger partial charge in [0.05, 0.1) is 0 Å². The first-order valence-corrected chi connectivity index (χ1v) is 2.93. The van der Waals surface area contributed by atoms with Crippen LogP contribution in [-0.4, -0.2) is 19.3 Å². The summed E-state index contributed by atoms with van der Waals surface area (Å²) in [6.45, 7) is 2.15. The van der Waals surface area contributed by atoms with Crippen molar-refractivity contribution in [3.8, 4) is 0 Å². The molecule has 1 N–H and O–H groups in total. The van der Waals surface area contributed by atoms with Crippen molar-refractivity contribution in [2.24, 2.45) is 4.99 Å². The highest BCUT2D eigenvalue weighted by atomic mass is 14.9. The zero-order valence-corrected chi connectivity index (χ0v) is 4.65. The van der Waals surface area contributed by atoms with Gasteiger partial charge in [0, 0.05) is 37.0 Å². The summed E-state index contributed by atoms with van der Waals surface area (Å²) in [6.07, 6.45) is 3.08. The van der Waals surface area contributed by atoms with Crippen LogP contribution in [0.15, 0.2) is 16.3 Å². The van der Waals surface area contributed by atoms with E-state index in [1.165, 1.54) is 11.3 Å². The van der Waals surface area contributed by atoms with E-state index in [4.69, 9.17) is 0 Å². The van der Waals surface area contributed by atoms with Gasteiger partial charge in [0.1, 0.15) is 0 Å². The third-order valence-corrected chi connectivity index (χ3v) is 1.60. The molecule has 2 nitrogen and oxygen atoms in total. The van der Waals surface area contributed by atoms with Gasteiger partial charge in [-0.1, -0.05) is 0 Å². The van der Waals surface area contributed by atoms with E-state index in [-0.39, 0.29) is 0 Å². The van der Waals surface area contributed by atoms with Crippen LogP contribution in [0.2, 0.25) is 0 Å². The number of nitrogens with one attached hydrogen (secondary N) is 1. The fraction of sp³-hybridized carbons (Fsp3) is 0.500.